The number of hydrogen-bond acceptors (Lipinski definition) is 1. The van der Waals surface area contributed by atoms with Crippen LogP contribution in [0.5, 0.6) is 0 Å². The number of fused-ring (bicyclic) bond motifs is 2. The third-order valence-corrected chi connectivity index (χ3v) is 3.14. The topological polar surface area (TPSA) is 44.5 Å². The average molecular weight is 232 g/mol. The van der Waals surface area contributed by atoms with E-state index in [0.29, 0.717) is 0 Å². The molecule has 4 aromatic rings. The van der Waals surface area contributed by atoms with Crippen LogP contribution in [0.3, 0.4) is 0 Å². The summed E-state index contributed by atoms with van der Waals surface area (Å²) in [5.74, 6) is 0.855. The van der Waals surface area contributed by atoms with Crippen molar-refractivity contribution in [2.45, 2.75) is 0 Å². The molecule has 0 fully saturated rings. The molecule has 0 spiro atoms. The second-order valence-corrected chi connectivity index (χ2v) is 4.27. The van der Waals surface area contributed by atoms with Crippen LogP contribution in [-0.2, 0) is 0 Å². The van der Waals surface area contributed by atoms with Crippen LogP contribution in [0.25, 0.3) is 33.3 Å². The van der Waals surface area contributed by atoms with Gasteiger partial charge in [0.25, 0.3) is 0 Å². The van der Waals surface area contributed by atoms with E-state index < -0.39 is 0 Å². The van der Waals surface area contributed by atoms with Gasteiger partial charge in [-0.25, -0.2) is 4.98 Å². The predicted octanol–water partition coefficient (Wildman–Crippen LogP) is 3.51. The summed E-state index contributed by atoms with van der Waals surface area (Å²) in [7, 11) is 0. The molecule has 0 unspecified atom stereocenters. The normalized spacial score (nSPS) is 11.3. The SMILES string of the molecule is [c]1[nH]c2ccccc2c1-c1nc2ccccc2[nH]1. The summed E-state index contributed by atoms with van der Waals surface area (Å²) in [5.41, 5.74) is 4.09. The van der Waals surface area contributed by atoms with Gasteiger partial charge in [-0.05, 0) is 18.2 Å². The summed E-state index contributed by atoms with van der Waals surface area (Å²) in [6.45, 7) is 0. The number of nitrogens with zero attached hydrogens (tertiary/aromatic N) is 1. The van der Waals surface area contributed by atoms with Crippen molar-refractivity contribution in [3.05, 3.63) is 54.7 Å². The summed E-state index contributed by atoms with van der Waals surface area (Å²) >= 11 is 0. The fourth-order valence-corrected chi connectivity index (χ4v) is 2.27. The first-order valence-corrected chi connectivity index (χ1v) is 5.85. The first-order chi connectivity index (χ1) is 8.92. The lowest BCUT2D eigenvalue weighted by atomic mass is 10.2. The summed E-state index contributed by atoms with van der Waals surface area (Å²) < 4.78 is 0. The maximum atomic E-state index is 4.60. The first kappa shape index (κ1) is 9.48. The molecular formula is C15H10N3. The summed E-state index contributed by atoms with van der Waals surface area (Å²) in [4.78, 5) is 11.1. The van der Waals surface area contributed by atoms with E-state index in [2.05, 4.69) is 27.2 Å². The van der Waals surface area contributed by atoms with Gasteiger partial charge in [0.15, 0.2) is 0 Å². The Kier molecular flexibility index (Phi) is 1.83. The highest BCUT2D eigenvalue weighted by Crippen LogP contribution is 2.27. The van der Waals surface area contributed by atoms with Crippen molar-refractivity contribution in [1.82, 2.24) is 15.0 Å². The molecule has 3 heteroatoms. The minimum atomic E-state index is 0.855. The number of rotatable bonds is 1. The number of para-hydroxylation sites is 3. The summed E-state index contributed by atoms with van der Waals surface area (Å²) in [6.07, 6.45) is 3.17. The van der Waals surface area contributed by atoms with Crippen LogP contribution in [0.2, 0.25) is 0 Å². The zero-order valence-electron chi connectivity index (χ0n) is 9.57. The molecule has 0 bridgehead atoms. The smallest absolute Gasteiger partial charge is 0.141 e. The molecule has 0 aliphatic carbocycles. The molecule has 2 aromatic carbocycles. The number of H-pyrrole nitrogens is 2. The molecule has 0 saturated heterocycles. The molecule has 2 N–H and O–H groups in total. The first-order valence-electron chi connectivity index (χ1n) is 5.85. The van der Waals surface area contributed by atoms with Gasteiger partial charge >= 0.3 is 0 Å². The molecule has 85 valence electrons. The maximum absolute atomic E-state index is 4.60. The zero-order valence-corrected chi connectivity index (χ0v) is 9.57. The van der Waals surface area contributed by atoms with Gasteiger partial charge in [-0.2, -0.15) is 0 Å². The van der Waals surface area contributed by atoms with Gasteiger partial charge in [-0.1, -0.05) is 30.3 Å². The number of hydrogen-bond donors (Lipinski definition) is 2. The van der Waals surface area contributed by atoms with Crippen LogP contribution in [0.15, 0.2) is 48.5 Å². The number of aromatic amines is 2. The molecule has 1 radical (unpaired) electrons. The molecule has 18 heavy (non-hydrogen) atoms. The Morgan fingerprint density at radius 2 is 1.67 bits per heavy atom. The lowest BCUT2D eigenvalue weighted by Gasteiger charge is -1.92. The lowest BCUT2D eigenvalue weighted by molar-refractivity contribution is 1.33. The van der Waals surface area contributed by atoms with Gasteiger partial charge in [-0.15, -0.1) is 0 Å². The van der Waals surface area contributed by atoms with Crippen molar-refractivity contribution in [2.24, 2.45) is 0 Å². The zero-order chi connectivity index (χ0) is 11.9. The second-order valence-electron chi connectivity index (χ2n) is 4.27. The van der Waals surface area contributed by atoms with Gasteiger partial charge in [-0.3, -0.25) is 0 Å². The van der Waals surface area contributed by atoms with Crippen LogP contribution in [0, 0.1) is 6.20 Å². The second kappa shape index (κ2) is 3.47. The van der Waals surface area contributed by atoms with E-state index in [4.69, 9.17) is 0 Å². The van der Waals surface area contributed by atoms with Gasteiger partial charge in [0.05, 0.1) is 22.8 Å². The fourth-order valence-electron chi connectivity index (χ4n) is 2.27. The fraction of sp³-hybridized carbons (Fsp3) is 0. The minimum Gasteiger partial charge on any atom is -0.353 e. The lowest BCUT2D eigenvalue weighted by Crippen LogP contribution is -1.77. The standard InChI is InChI=1S/C15H10N3/c1-2-6-12-10(5-1)11(9-16-12)15-17-13-7-3-4-8-14(13)18-15/h1-8,16H,(H,17,18). The van der Waals surface area contributed by atoms with Crippen LogP contribution in [0.4, 0.5) is 0 Å². The Morgan fingerprint density at radius 1 is 0.889 bits per heavy atom. The highest BCUT2D eigenvalue weighted by atomic mass is 14.9. The van der Waals surface area contributed by atoms with E-state index in [1.165, 1.54) is 0 Å². The van der Waals surface area contributed by atoms with Crippen LogP contribution in [-0.4, -0.2) is 15.0 Å². The quantitative estimate of drug-likeness (QED) is 0.518. The van der Waals surface area contributed by atoms with E-state index in [1.54, 1.807) is 0 Å². The molecule has 0 aliphatic heterocycles. The minimum absolute atomic E-state index is 0.855. The largest absolute Gasteiger partial charge is 0.353 e. The van der Waals surface area contributed by atoms with E-state index in [1.807, 2.05) is 42.5 Å². The third-order valence-electron chi connectivity index (χ3n) is 3.14. The predicted molar refractivity (Wildman–Crippen MR) is 72.2 cm³/mol. The Hall–Kier alpha value is -2.55. The average Bonchev–Trinajstić information content (AvgIpc) is 3.02. The van der Waals surface area contributed by atoms with Crippen molar-refractivity contribution < 1.29 is 0 Å². The molecule has 0 aliphatic rings. The van der Waals surface area contributed by atoms with Crippen molar-refractivity contribution in [2.75, 3.05) is 0 Å². The van der Waals surface area contributed by atoms with E-state index in [0.717, 1.165) is 33.3 Å². The number of benzene rings is 2. The number of nitrogens with one attached hydrogen (secondary N) is 2. The summed E-state index contributed by atoms with van der Waals surface area (Å²) in [6, 6.07) is 16.2. The molecule has 0 saturated carbocycles. The van der Waals surface area contributed by atoms with Crippen LogP contribution >= 0.6 is 0 Å². The third kappa shape index (κ3) is 1.27. The van der Waals surface area contributed by atoms with Gasteiger partial charge in [0.2, 0.25) is 0 Å². The highest BCUT2D eigenvalue weighted by Gasteiger charge is 2.10. The van der Waals surface area contributed by atoms with Crippen LogP contribution < -0.4 is 0 Å². The van der Waals surface area contributed by atoms with Crippen molar-refractivity contribution in [1.29, 1.82) is 0 Å². The van der Waals surface area contributed by atoms with E-state index in [9.17, 15) is 0 Å². The monoisotopic (exact) mass is 232 g/mol. The van der Waals surface area contributed by atoms with E-state index in [-0.39, 0.29) is 0 Å². The van der Waals surface area contributed by atoms with Gasteiger partial charge < -0.3 is 9.97 Å². The molecule has 2 aromatic heterocycles. The van der Waals surface area contributed by atoms with Crippen LogP contribution in [0.1, 0.15) is 0 Å². The van der Waals surface area contributed by atoms with Gasteiger partial charge in [0, 0.05) is 10.9 Å². The Morgan fingerprint density at radius 3 is 2.56 bits per heavy atom. The number of aromatic nitrogens is 3. The number of imidazole rings is 1. The molecular weight excluding hydrogens is 222 g/mol. The summed E-state index contributed by atoms with van der Waals surface area (Å²) in [5, 5.41) is 1.14. The van der Waals surface area contributed by atoms with Gasteiger partial charge in [0.1, 0.15) is 5.82 Å². The molecule has 3 nitrogen and oxygen atoms in total. The van der Waals surface area contributed by atoms with E-state index >= 15 is 0 Å². The maximum Gasteiger partial charge on any atom is 0.141 e. The Labute approximate surface area is 103 Å². The Bertz CT molecular complexity index is 806. The molecule has 4 rings (SSSR count). The van der Waals surface area contributed by atoms with Crippen molar-refractivity contribution >= 4 is 21.9 Å². The highest BCUT2D eigenvalue weighted by molar-refractivity contribution is 5.95. The Balaban J connectivity index is 2.01. The molecule has 2 heterocycles. The molecule has 0 atom stereocenters. The van der Waals surface area contributed by atoms with Crippen molar-refractivity contribution in [3.63, 3.8) is 0 Å². The van der Waals surface area contributed by atoms with Crippen molar-refractivity contribution in [3.8, 4) is 11.4 Å². The molecule has 0 amide bonds.